The summed E-state index contributed by atoms with van der Waals surface area (Å²) in [5.41, 5.74) is -0.274. The van der Waals surface area contributed by atoms with Crippen LogP contribution in [0, 0.1) is 5.82 Å². The summed E-state index contributed by atoms with van der Waals surface area (Å²) in [7, 11) is 0. The van der Waals surface area contributed by atoms with Crippen molar-refractivity contribution in [2.75, 3.05) is 5.32 Å². The molecule has 0 unspecified atom stereocenters. The van der Waals surface area contributed by atoms with E-state index in [1.807, 2.05) is 0 Å². The molecule has 1 amide bonds. The fourth-order valence-electron chi connectivity index (χ4n) is 1.31. The number of rotatable bonds is 3. The van der Waals surface area contributed by atoms with Gasteiger partial charge in [0.1, 0.15) is 5.82 Å². The molecular weight excluding hydrogens is 259 g/mol. The number of halogens is 1. The minimum Gasteiger partial charge on any atom is -0.478 e. The van der Waals surface area contributed by atoms with Gasteiger partial charge in [-0.05, 0) is 18.2 Å². The fourth-order valence-corrected chi connectivity index (χ4v) is 1.84. The minimum absolute atomic E-state index is 0.0316. The zero-order valence-corrected chi connectivity index (χ0v) is 9.70. The molecular formula is C11H7FN2O3S. The van der Waals surface area contributed by atoms with Crippen molar-refractivity contribution in [1.82, 2.24) is 4.98 Å². The van der Waals surface area contributed by atoms with Gasteiger partial charge in [0.2, 0.25) is 0 Å². The first-order valence-corrected chi connectivity index (χ1v) is 5.69. The monoisotopic (exact) mass is 266 g/mol. The van der Waals surface area contributed by atoms with Crippen molar-refractivity contribution >= 4 is 28.9 Å². The van der Waals surface area contributed by atoms with E-state index >= 15 is 0 Å². The van der Waals surface area contributed by atoms with E-state index in [4.69, 9.17) is 5.11 Å². The fraction of sp³-hybridized carbons (Fsp3) is 0. The van der Waals surface area contributed by atoms with Crippen molar-refractivity contribution in [1.29, 1.82) is 0 Å². The summed E-state index contributed by atoms with van der Waals surface area (Å²) in [6.07, 6.45) is 1.46. The number of carboxylic acids is 1. The maximum absolute atomic E-state index is 12.9. The third kappa shape index (κ3) is 2.51. The van der Waals surface area contributed by atoms with Crippen LogP contribution in [0.2, 0.25) is 0 Å². The smallest absolute Gasteiger partial charge is 0.337 e. The molecule has 0 saturated heterocycles. The number of carbonyl (C=O) groups is 2. The van der Waals surface area contributed by atoms with Crippen molar-refractivity contribution in [3.05, 3.63) is 46.2 Å². The van der Waals surface area contributed by atoms with Crippen molar-refractivity contribution < 1.29 is 19.1 Å². The van der Waals surface area contributed by atoms with Crippen LogP contribution in [-0.4, -0.2) is 22.0 Å². The Morgan fingerprint density at radius 2 is 2.17 bits per heavy atom. The third-order valence-corrected chi connectivity index (χ3v) is 2.86. The van der Waals surface area contributed by atoms with Gasteiger partial charge in [-0.25, -0.2) is 14.2 Å². The number of benzene rings is 1. The van der Waals surface area contributed by atoms with Crippen LogP contribution in [0.15, 0.2) is 29.8 Å². The summed E-state index contributed by atoms with van der Waals surface area (Å²) in [6, 6.07) is 3.12. The second-order valence-electron chi connectivity index (χ2n) is 3.29. The largest absolute Gasteiger partial charge is 0.478 e. The molecule has 0 aliphatic rings. The SMILES string of the molecule is O=C(Nc1ccc(F)cc1C(=O)O)c1nccs1. The molecule has 1 heterocycles. The van der Waals surface area contributed by atoms with Gasteiger partial charge in [-0.15, -0.1) is 11.3 Å². The molecule has 0 spiro atoms. The molecule has 0 bridgehead atoms. The van der Waals surface area contributed by atoms with Gasteiger partial charge in [0.15, 0.2) is 5.01 Å². The van der Waals surface area contributed by atoms with Crippen LogP contribution in [0.25, 0.3) is 0 Å². The number of aromatic nitrogens is 1. The first-order chi connectivity index (χ1) is 8.58. The molecule has 0 saturated carbocycles. The van der Waals surface area contributed by atoms with E-state index in [9.17, 15) is 14.0 Å². The number of amides is 1. The molecule has 2 aromatic rings. The lowest BCUT2D eigenvalue weighted by Crippen LogP contribution is -2.14. The van der Waals surface area contributed by atoms with E-state index in [1.165, 1.54) is 12.3 Å². The van der Waals surface area contributed by atoms with Crippen LogP contribution in [0.4, 0.5) is 10.1 Å². The number of carboxylic acid groups (broad SMARTS) is 1. The van der Waals surface area contributed by atoms with Gasteiger partial charge < -0.3 is 10.4 Å². The van der Waals surface area contributed by atoms with E-state index in [1.54, 1.807) is 5.38 Å². The lowest BCUT2D eigenvalue weighted by atomic mass is 10.1. The summed E-state index contributed by atoms with van der Waals surface area (Å²) in [4.78, 5) is 26.4. The van der Waals surface area contributed by atoms with Crippen molar-refractivity contribution in [3.8, 4) is 0 Å². The highest BCUT2D eigenvalue weighted by molar-refractivity contribution is 7.11. The molecule has 5 nitrogen and oxygen atoms in total. The van der Waals surface area contributed by atoms with Crippen LogP contribution in [0.5, 0.6) is 0 Å². The Morgan fingerprint density at radius 3 is 2.78 bits per heavy atom. The van der Waals surface area contributed by atoms with E-state index in [0.29, 0.717) is 0 Å². The van der Waals surface area contributed by atoms with Crippen LogP contribution < -0.4 is 5.32 Å². The second kappa shape index (κ2) is 4.92. The lowest BCUT2D eigenvalue weighted by Gasteiger charge is -2.06. The summed E-state index contributed by atoms with van der Waals surface area (Å²) in [6.45, 7) is 0. The number of thiazole rings is 1. The van der Waals surface area contributed by atoms with Crippen molar-refractivity contribution in [2.24, 2.45) is 0 Å². The van der Waals surface area contributed by atoms with Crippen LogP contribution in [-0.2, 0) is 0 Å². The van der Waals surface area contributed by atoms with E-state index in [2.05, 4.69) is 10.3 Å². The van der Waals surface area contributed by atoms with Crippen LogP contribution >= 0.6 is 11.3 Å². The lowest BCUT2D eigenvalue weighted by molar-refractivity contribution is 0.0697. The second-order valence-corrected chi connectivity index (χ2v) is 4.18. The van der Waals surface area contributed by atoms with E-state index < -0.39 is 17.7 Å². The van der Waals surface area contributed by atoms with Gasteiger partial charge >= 0.3 is 5.97 Å². The topological polar surface area (TPSA) is 79.3 Å². The first kappa shape index (κ1) is 12.2. The predicted octanol–water partition coefficient (Wildman–Crippen LogP) is 2.23. The Morgan fingerprint density at radius 1 is 1.39 bits per heavy atom. The Hall–Kier alpha value is -2.28. The zero-order chi connectivity index (χ0) is 13.1. The van der Waals surface area contributed by atoms with E-state index in [0.717, 1.165) is 23.5 Å². The highest BCUT2D eigenvalue weighted by Crippen LogP contribution is 2.18. The Labute approximate surface area is 105 Å². The van der Waals surface area contributed by atoms with Gasteiger partial charge in [0.25, 0.3) is 5.91 Å². The Kier molecular flexibility index (Phi) is 3.33. The quantitative estimate of drug-likeness (QED) is 0.892. The molecule has 0 aliphatic carbocycles. The molecule has 18 heavy (non-hydrogen) atoms. The average molecular weight is 266 g/mol. The third-order valence-electron chi connectivity index (χ3n) is 2.09. The molecule has 2 N–H and O–H groups in total. The maximum Gasteiger partial charge on any atom is 0.337 e. The van der Waals surface area contributed by atoms with Gasteiger partial charge in [0.05, 0.1) is 11.3 Å². The number of anilines is 1. The average Bonchev–Trinajstić information content (AvgIpc) is 2.84. The van der Waals surface area contributed by atoms with Gasteiger partial charge in [-0.3, -0.25) is 4.79 Å². The molecule has 0 fully saturated rings. The van der Waals surface area contributed by atoms with Gasteiger partial charge in [0, 0.05) is 11.6 Å². The number of aromatic carboxylic acids is 1. The molecule has 1 aromatic carbocycles. The van der Waals surface area contributed by atoms with Gasteiger partial charge in [-0.2, -0.15) is 0 Å². The standard InChI is InChI=1S/C11H7FN2O3S/c12-6-1-2-8(7(5-6)11(16)17)14-9(15)10-13-3-4-18-10/h1-5H,(H,14,15)(H,16,17). The molecule has 0 radical (unpaired) electrons. The Balaban J connectivity index is 2.29. The van der Waals surface area contributed by atoms with Crippen molar-refractivity contribution in [3.63, 3.8) is 0 Å². The molecule has 0 aliphatic heterocycles. The maximum atomic E-state index is 12.9. The zero-order valence-electron chi connectivity index (χ0n) is 8.88. The molecule has 92 valence electrons. The number of nitrogens with one attached hydrogen (secondary N) is 1. The highest BCUT2D eigenvalue weighted by Gasteiger charge is 2.15. The molecule has 0 atom stereocenters. The van der Waals surface area contributed by atoms with Crippen LogP contribution in [0.1, 0.15) is 20.2 Å². The molecule has 2 rings (SSSR count). The van der Waals surface area contributed by atoms with Crippen molar-refractivity contribution in [2.45, 2.75) is 0 Å². The van der Waals surface area contributed by atoms with Crippen LogP contribution in [0.3, 0.4) is 0 Å². The predicted molar refractivity (Wildman–Crippen MR) is 63.4 cm³/mol. The van der Waals surface area contributed by atoms with Gasteiger partial charge in [-0.1, -0.05) is 0 Å². The summed E-state index contributed by atoms with van der Waals surface area (Å²) < 4.78 is 12.9. The number of hydrogen-bond acceptors (Lipinski definition) is 4. The highest BCUT2D eigenvalue weighted by atomic mass is 32.1. The first-order valence-electron chi connectivity index (χ1n) is 4.81. The summed E-state index contributed by atoms with van der Waals surface area (Å²) in [5, 5.41) is 13.1. The minimum atomic E-state index is -1.32. The summed E-state index contributed by atoms with van der Waals surface area (Å²) >= 11 is 1.12. The number of carbonyl (C=O) groups excluding carboxylic acids is 1. The summed E-state index contributed by atoms with van der Waals surface area (Å²) in [5.74, 6) is -2.53. The molecule has 7 heteroatoms. The number of nitrogens with zero attached hydrogens (tertiary/aromatic N) is 1. The number of hydrogen-bond donors (Lipinski definition) is 2. The Bertz CT molecular complexity index is 598. The van der Waals surface area contributed by atoms with E-state index in [-0.39, 0.29) is 16.3 Å². The normalized spacial score (nSPS) is 10.1. The molecule has 1 aromatic heterocycles.